The zero-order valence-electron chi connectivity index (χ0n) is 21.7. The molecule has 0 aliphatic carbocycles. The van der Waals surface area contributed by atoms with E-state index in [2.05, 4.69) is 20.6 Å². The van der Waals surface area contributed by atoms with E-state index in [4.69, 9.17) is 0 Å². The Morgan fingerprint density at radius 1 is 1.07 bits per heavy atom. The summed E-state index contributed by atoms with van der Waals surface area (Å²) in [7, 11) is 0. The molecule has 1 aliphatic heterocycles. The molecule has 0 unspecified atom stereocenters. The number of aryl methyl sites for hydroxylation is 2. The number of nitrogens with zero attached hydrogens (tertiary/aromatic N) is 5. The van der Waals surface area contributed by atoms with Crippen molar-refractivity contribution in [3.8, 4) is 11.1 Å². The Bertz CT molecular complexity index is 1720. The third-order valence-corrected chi connectivity index (χ3v) is 6.65. The van der Waals surface area contributed by atoms with E-state index in [0.717, 1.165) is 15.7 Å². The van der Waals surface area contributed by atoms with Gasteiger partial charge in [-0.2, -0.15) is 28.4 Å². The number of halogens is 3. The molecule has 4 aromatic rings. The molecule has 1 amide bonds. The quantitative estimate of drug-likeness (QED) is 0.359. The highest BCUT2D eigenvalue weighted by molar-refractivity contribution is 6.16. The van der Waals surface area contributed by atoms with E-state index in [-0.39, 0.29) is 35.9 Å². The zero-order valence-corrected chi connectivity index (χ0v) is 21.7. The summed E-state index contributed by atoms with van der Waals surface area (Å²) in [6.45, 7) is 2.27. The highest BCUT2D eigenvalue weighted by atomic mass is 19.4. The molecule has 0 fully saturated rings. The fourth-order valence-corrected chi connectivity index (χ4v) is 4.84. The molecule has 5 rings (SSSR count). The molecular weight excluding hydrogens is 525 g/mol. The van der Waals surface area contributed by atoms with Crippen LogP contribution < -0.4 is 11.0 Å². The molecule has 1 aliphatic rings. The molecule has 0 spiro atoms. The number of nitrogens with one attached hydrogen (secondary N) is 1. The predicted molar refractivity (Wildman–Crippen MR) is 141 cm³/mol. The average molecular weight is 551 g/mol. The third-order valence-electron chi connectivity index (χ3n) is 6.65. The van der Waals surface area contributed by atoms with Crippen LogP contribution in [0.15, 0.2) is 58.4 Å². The number of aromatic nitrogens is 4. The summed E-state index contributed by atoms with van der Waals surface area (Å²) in [5.74, 6) is -2.16. The molecule has 12 heteroatoms. The standard InChI is InChI=1S/C28H25F3N6O3/c1-3-7-23-21(26(40)36(15-24(38)28(29,30)31)27-32-16(2)35-37(23)27)13-17-10-11-19(18-8-5-4-6-9-18)20(12-17)22-14-25(39)34-33-22/h4-6,8-12H,3,7,13-15H2,1-2H3,(H,34,39). The normalized spacial score (nSPS) is 13.5. The molecule has 206 valence electrons. The number of hydrazone groups is 1. The van der Waals surface area contributed by atoms with Crippen molar-refractivity contribution in [3.05, 3.63) is 87.1 Å². The summed E-state index contributed by atoms with van der Waals surface area (Å²) in [4.78, 5) is 41.7. The van der Waals surface area contributed by atoms with Gasteiger partial charge in [0.05, 0.1) is 24.4 Å². The van der Waals surface area contributed by atoms with Crippen molar-refractivity contribution in [1.29, 1.82) is 0 Å². The summed E-state index contributed by atoms with van der Waals surface area (Å²) in [6.07, 6.45) is -3.92. The maximum absolute atomic E-state index is 13.7. The van der Waals surface area contributed by atoms with Crippen molar-refractivity contribution in [1.82, 2.24) is 24.6 Å². The molecule has 0 radical (unpaired) electrons. The van der Waals surface area contributed by atoms with Crippen LogP contribution >= 0.6 is 0 Å². The second-order valence-electron chi connectivity index (χ2n) is 9.55. The smallest absolute Gasteiger partial charge is 0.288 e. The lowest BCUT2D eigenvalue weighted by Gasteiger charge is -2.16. The Balaban J connectivity index is 1.67. The molecular formula is C28H25F3N6O3. The minimum atomic E-state index is -5.11. The summed E-state index contributed by atoms with van der Waals surface area (Å²) < 4.78 is 41.6. The maximum Gasteiger partial charge on any atom is 0.451 e. The monoisotopic (exact) mass is 550 g/mol. The number of amides is 1. The van der Waals surface area contributed by atoms with Gasteiger partial charge in [-0.3, -0.25) is 19.0 Å². The Kier molecular flexibility index (Phi) is 7.09. The van der Waals surface area contributed by atoms with Gasteiger partial charge in [0, 0.05) is 17.5 Å². The highest BCUT2D eigenvalue weighted by Gasteiger charge is 2.39. The molecule has 0 bridgehead atoms. The number of carbonyl (C=O) groups is 2. The van der Waals surface area contributed by atoms with Crippen molar-refractivity contribution >= 4 is 23.2 Å². The molecule has 2 aromatic carbocycles. The predicted octanol–water partition coefficient (Wildman–Crippen LogP) is 3.77. The van der Waals surface area contributed by atoms with Crippen LogP contribution in [0, 0.1) is 6.92 Å². The van der Waals surface area contributed by atoms with E-state index in [0.29, 0.717) is 35.4 Å². The number of fused-ring (bicyclic) bond motifs is 1. The summed E-state index contributed by atoms with van der Waals surface area (Å²) in [5.41, 5.74) is 6.12. The van der Waals surface area contributed by atoms with Crippen LogP contribution in [-0.4, -0.2) is 42.7 Å². The van der Waals surface area contributed by atoms with Gasteiger partial charge >= 0.3 is 6.18 Å². The largest absolute Gasteiger partial charge is 0.451 e. The number of alkyl halides is 3. The Labute approximate surface area is 226 Å². The summed E-state index contributed by atoms with van der Waals surface area (Å²) in [6, 6.07) is 15.1. The van der Waals surface area contributed by atoms with Crippen molar-refractivity contribution < 1.29 is 22.8 Å². The van der Waals surface area contributed by atoms with Crippen LogP contribution in [0.3, 0.4) is 0 Å². The molecule has 3 heterocycles. The Morgan fingerprint density at radius 2 is 1.82 bits per heavy atom. The van der Waals surface area contributed by atoms with E-state index in [1.807, 2.05) is 55.5 Å². The van der Waals surface area contributed by atoms with Crippen molar-refractivity contribution in [2.45, 2.75) is 52.3 Å². The van der Waals surface area contributed by atoms with Crippen LogP contribution in [0.5, 0.6) is 0 Å². The molecule has 1 N–H and O–H groups in total. The molecule has 40 heavy (non-hydrogen) atoms. The van der Waals surface area contributed by atoms with Crippen LogP contribution in [0.1, 0.15) is 48.0 Å². The fourth-order valence-electron chi connectivity index (χ4n) is 4.84. The van der Waals surface area contributed by atoms with Crippen LogP contribution in [0.4, 0.5) is 13.2 Å². The van der Waals surface area contributed by atoms with E-state index < -0.39 is 24.1 Å². The first kappa shape index (κ1) is 27.0. The van der Waals surface area contributed by atoms with Gasteiger partial charge in [0.2, 0.25) is 11.7 Å². The average Bonchev–Trinajstić information content (AvgIpc) is 3.53. The fraction of sp³-hybridized carbons (Fsp3) is 0.286. The Morgan fingerprint density at radius 3 is 2.48 bits per heavy atom. The zero-order chi connectivity index (χ0) is 28.6. The van der Waals surface area contributed by atoms with Crippen LogP contribution in [0.2, 0.25) is 0 Å². The van der Waals surface area contributed by atoms with E-state index in [1.165, 1.54) is 4.52 Å². The third kappa shape index (κ3) is 5.16. The van der Waals surface area contributed by atoms with Crippen molar-refractivity contribution in [2.24, 2.45) is 5.10 Å². The minimum absolute atomic E-state index is 0.0555. The SMILES string of the molecule is CCCc1c(Cc2ccc(-c3ccccc3)c(C3=NNC(=O)C3)c2)c(=O)n(CC(=O)C(F)(F)F)c2nc(C)nn12. The van der Waals surface area contributed by atoms with Gasteiger partial charge in [-0.1, -0.05) is 55.8 Å². The number of Topliss-reactive ketones (excluding diaryl/α,β-unsaturated/α-hetero) is 1. The first-order chi connectivity index (χ1) is 19.1. The van der Waals surface area contributed by atoms with Gasteiger partial charge in [0.15, 0.2) is 0 Å². The van der Waals surface area contributed by atoms with Gasteiger partial charge in [-0.15, -0.1) is 0 Å². The maximum atomic E-state index is 13.7. The van der Waals surface area contributed by atoms with E-state index >= 15 is 0 Å². The van der Waals surface area contributed by atoms with Crippen molar-refractivity contribution in [3.63, 3.8) is 0 Å². The molecule has 9 nitrogen and oxygen atoms in total. The van der Waals surface area contributed by atoms with Gasteiger partial charge in [-0.25, -0.2) is 9.94 Å². The molecule has 0 saturated carbocycles. The first-order valence-electron chi connectivity index (χ1n) is 12.7. The van der Waals surface area contributed by atoms with Gasteiger partial charge in [-0.05, 0) is 36.1 Å². The second-order valence-corrected chi connectivity index (χ2v) is 9.55. The van der Waals surface area contributed by atoms with E-state index in [1.54, 1.807) is 6.92 Å². The lowest BCUT2D eigenvalue weighted by Crippen LogP contribution is -2.36. The first-order valence-corrected chi connectivity index (χ1v) is 12.7. The van der Waals surface area contributed by atoms with Crippen LogP contribution in [-0.2, 0) is 29.0 Å². The second kappa shape index (κ2) is 10.5. The highest BCUT2D eigenvalue weighted by Crippen LogP contribution is 2.28. The van der Waals surface area contributed by atoms with Crippen molar-refractivity contribution in [2.75, 3.05) is 0 Å². The summed E-state index contributed by atoms with van der Waals surface area (Å²) in [5, 5.41) is 8.52. The van der Waals surface area contributed by atoms with Gasteiger partial charge in [0.25, 0.3) is 11.3 Å². The molecule has 0 atom stereocenters. The summed E-state index contributed by atoms with van der Waals surface area (Å²) >= 11 is 0. The van der Waals surface area contributed by atoms with E-state index in [9.17, 15) is 27.6 Å². The number of ketones is 1. The molecule has 2 aromatic heterocycles. The Hall–Kier alpha value is -4.61. The van der Waals surface area contributed by atoms with Gasteiger partial charge < -0.3 is 0 Å². The molecule has 0 saturated heterocycles. The lowest BCUT2D eigenvalue weighted by molar-refractivity contribution is -0.171. The minimum Gasteiger partial charge on any atom is -0.288 e. The topological polar surface area (TPSA) is 111 Å². The number of rotatable bonds is 8. The number of hydrogen-bond donors (Lipinski definition) is 1. The van der Waals surface area contributed by atoms with Gasteiger partial charge in [0.1, 0.15) is 5.82 Å². The number of carbonyl (C=O) groups excluding carboxylic acids is 2. The lowest BCUT2D eigenvalue weighted by atomic mass is 9.91. The number of hydrogen-bond acceptors (Lipinski definition) is 6. The number of benzene rings is 2. The van der Waals surface area contributed by atoms with Crippen LogP contribution in [0.25, 0.3) is 16.9 Å².